The van der Waals surface area contributed by atoms with E-state index >= 15 is 0 Å². The average molecular weight is 209 g/mol. The van der Waals surface area contributed by atoms with E-state index < -0.39 is 12.6 Å². The molecule has 1 aliphatic carbocycles. The van der Waals surface area contributed by atoms with E-state index in [1.54, 1.807) is 0 Å². The second kappa shape index (κ2) is 3.70. The number of nitrogens with one attached hydrogen (secondary N) is 1. The van der Waals surface area contributed by atoms with Crippen molar-refractivity contribution in [3.05, 3.63) is 0 Å². The monoisotopic (exact) mass is 209 g/mol. The summed E-state index contributed by atoms with van der Waals surface area (Å²) < 4.78 is 40.2. The van der Waals surface area contributed by atoms with Crippen LogP contribution in [0.4, 0.5) is 13.2 Å². The van der Waals surface area contributed by atoms with E-state index in [0.29, 0.717) is 24.4 Å². The standard InChI is InChI=1S/C9H14F3NO/c10-9(11,12)1-2-14-5-8-6-3-13-4-7(6)8/h6-8,13H,1-5H2/t6-,7+,8+. The molecule has 1 saturated heterocycles. The van der Waals surface area contributed by atoms with Crippen molar-refractivity contribution >= 4 is 0 Å². The Bertz CT molecular complexity index is 197. The summed E-state index contributed by atoms with van der Waals surface area (Å²) in [6.45, 7) is 2.34. The highest BCUT2D eigenvalue weighted by molar-refractivity contribution is 5.03. The maximum absolute atomic E-state index is 11.7. The van der Waals surface area contributed by atoms with E-state index in [4.69, 9.17) is 4.74 Å². The fourth-order valence-electron chi connectivity index (χ4n) is 2.20. The van der Waals surface area contributed by atoms with Crippen molar-refractivity contribution in [1.29, 1.82) is 0 Å². The third kappa shape index (κ3) is 2.39. The Labute approximate surface area is 80.8 Å². The first kappa shape index (κ1) is 10.2. The third-order valence-electron chi connectivity index (χ3n) is 3.11. The van der Waals surface area contributed by atoms with Crippen LogP contribution in [0, 0.1) is 17.8 Å². The van der Waals surface area contributed by atoms with E-state index in [1.165, 1.54) is 0 Å². The molecular weight excluding hydrogens is 195 g/mol. The normalized spacial score (nSPS) is 35.8. The van der Waals surface area contributed by atoms with Crippen LogP contribution >= 0.6 is 0 Å². The molecule has 0 bridgehead atoms. The van der Waals surface area contributed by atoms with Gasteiger partial charge < -0.3 is 10.1 Å². The van der Waals surface area contributed by atoms with E-state index in [9.17, 15) is 13.2 Å². The Hall–Kier alpha value is -0.290. The lowest BCUT2D eigenvalue weighted by molar-refractivity contribution is -0.145. The molecule has 0 aromatic rings. The summed E-state index contributed by atoms with van der Waals surface area (Å²) in [7, 11) is 0. The number of rotatable bonds is 4. The molecule has 14 heavy (non-hydrogen) atoms. The minimum atomic E-state index is -4.08. The summed E-state index contributed by atoms with van der Waals surface area (Å²) in [5.74, 6) is 1.85. The van der Waals surface area contributed by atoms with Gasteiger partial charge in [-0.2, -0.15) is 13.2 Å². The highest BCUT2D eigenvalue weighted by atomic mass is 19.4. The van der Waals surface area contributed by atoms with Crippen LogP contribution in [-0.4, -0.2) is 32.5 Å². The van der Waals surface area contributed by atoms with Crippen LogP contribution in [0.2, 0.25) is 0 Å². The van der Waals surface area contributed by atoms with Gasteiger partial charge in [-0.15, -0.1) is 0 Å². The first-order valence-corrected chi connectivity index (χ1v) is 4.93. The van der Waals surface area contributed by atoms with Gasteiger partial charge in [0, 0.05) is 0 Å². The largest absolute Gasteiger partial charge is 0.391 e. The molecule has 2 nitrogen and oxygen atoms in total. The maximum atomic E-state index is 11.7. The molecule has 0 unspecified atom stereocenters. The van der Waals surface area contributed by atoms with Gasteiger partial charge in [0.15, 0.2) is 0 Å². The van der Waals surface area contributed by atoms with Gasteiger partial charge in [0.05, 0.1) is 19.6 Å². The van der Waals surface area contributed by atoms with E-state index in [0.717, 1.165) is 13.1 Å². The summed E-state index contributed by atoms with van der Waals surface area (Å²) in [4.78, 5) is 0. The van der Waals surface area contributed by atoms with Gasteiger partial charge in [0.25, 0.3) is 0 Å². The van der Waals surface area contributed by atoms with Gasteiger partial charge in [-0.1, -0.05) is 0 Å². The molecule has 0 spiro atoms. The van der Waals surface area contributed by atoms with Gasteiger partial charge in [0.2, 0.25) is 0 Å². The molecule has 0 aromatic carbocycles. The summed E-state index contributed by atoms with van der Waals surface area (Å²) in [5.41, 5.74) is 0. The highest BCUT2D eigenvalue weighted by Crippen LogP contribution is 2.48. The fraction of sp³-hybridized carbons (Fsp3) is 1.00. The molecule has 82 valence electrons. The van der Waals surface area contributed by atoms with Crippen molar-refractivity contribution in [2.24, 2.45) is 17.8 Å². The summed E-state index contributed by atoms with van der Waals surface area (Å²) in [5, 5.41) is 3.23. The van der Waals surface area contributed by atoms with Gasteiger partial charge in [-0.25, -0.2) is 0 Å². The van der Waals surface area contributed by atoms with E-state index in [-0.39, 0.29) is 6.61 Å². The number of halogens is 3. The molecule has 2 fully saturated rings. The predicted molar refractivity (Wildman–Crippen MR) is 44.8 cm³/mol. The second-order valence-electron chi connectivity index (χ2n) is 4.09. The zero-order valence-corrected chi connectivity index (χ0v) is 7.81. The molecule has 1 N–H and O–H groups in total. The van der Waals surface area contributed by atoms with Gasteiger partial charge >= 0.3 is 6.18 Å². The third-order valence-corrected chi connectivity index (χ3v) is 3.11. The molecule has 5 heteroatoms. The van der Waals surface area contributed by atoms with Crippen molar-refractivity contribution in [2.75, 3.05) is 26.3 Å². The van der Waals surface area contributed by atoms with Gasteiger partial charge in [0.1, 0.15) is 0 Å². The minimum Gasteiger partial charge on any atom is -0.381 e. The minimum absolute atomic E-state index is 0.188. The Morgan fingerprint density at radius 3 is 2.43 bits per heavy atom. The number of hydrogen-bond acceptors (Lipinski definition) is 2. The second-order valence-corrected chi connectivity index (χ2v) is 4.09. The van der Waals surface area contributed by atoms with Crippen molar-refractivity contribution in [3.8, 4) is 0 Å². The van der Waals surface area contributed by atoms with Crippen LogP contribution in [-0.2, 0) is 4.74 Å². The molecule has 2 rings (SSSR count). The molecule has 1 saturated carbocycles. The van der Waals surface area contributed by atoms with Crippen LogP contribution in [0.3, 0.4) is 0 Å². The molecule has 1 aliphatic heterocycles. The summed E-state index contributed by atoms with van der Waals surface area (Å²) >= 11 is 0. The van der Waals surface area contributed by atoms with E-state index in [1.807, 2.05) is 0 Å². The van der Waals surface area contributed by atoms with Crippen molar-refractivity contribution in [1.82, 2.24) is 5.32 Å². The van der Waals surface area contributed by atoms with Crippen molar-refractivity contribution in [2.45, 2.75) is 12.6 Å². The molecular formula is C9H14F3NO. The van der Waals surface area contributed by atoms with Crippen LogP contribution in [0.1, 0.15) is 6.42 Å². The quantitative estimate of drug-likeness (QED) is 0.707. The summed E-state index contributed by atoms with van der Waals surface area (Å²) in [6.07, 6.45) is -4.91. The van der Waals surface area contributed by atoms with Crippen molar-refractivity contribution in [3.63, 3.8) is 0 Å². The SMILES string of the molecule is FC(F)(F)CCOC[C@H]1[C@@H]2CNC[C@@H]21. The predicted octanol–water partition coefficient (Wildman–Crippen LogP) is 1.42. The molecule has 3 atom stereocenters. The van der Waals surface area contributed by atoms with Crippen LogP contribution in [0.25, 0.3) is 0 Å². The zero-order valence-electron chi connectivity index (χ0n) is 7.81. The number of piperidine rings is 1. The fourth-order valence-corrected chi connectivity index (χ4v) is 2.20. The number of alkyl halides is 3. The zero-order chi connectivity index (χ0) is 10.2. The Morgan fingerprint density at radius 2 is 1.86 bits per heavy atom. The lowest BCUT2D eigenvalue weighted by atomic mass is 10.3. The lowest BCUT2D eigenvalue weighted by Crippen LogP contribution is -2.18. The molecule has 1 heterocycles. The highest BCUT2D eigenvalue weighted by Gasteiger charge is 2.52. The Balaban J connectivity index is 1.53. The Kier molecular flexibility index (Phi) is 2.70. The average Bonchev–Trinajstić information content (AvgIpc) is 2.56. The molecule has 0 radical (unpaired) electrons. The maximum Gasteiger partial charge on any atom is 0.391 e. The topological polar surface area (TPSA) is 21.3 Å². The first-order chi connectivity index (χ1) is 6.58. The van der Waals surface area contributed by atoms with Crippen LogP contribution in [0.5, 0.6) is 0 Å². The molecule has 2 aliphatic rings. The van der Waals surface area contributed by atoms with Gasteiger partial charge in [-0.3, -0.25) is 0 Å². The number of fused-ring (bicyclic) bond motifs is 1. The van der Waals surface area contributed by atoms with Gasteiger partial charge in [-0.05, 0) is 30.8 Å². The molecule has 0 amide bonds. The van der Waals surface area contributed by atoms with Crippen LogP contribution < -0.4 is 5.32 Å². The number of hydrogen-bond donors (Lipinski definition) is 1. The first-order valence-electron chi connectivity index (χ1n) is 4.93. The lowest BCUT2D eigenvalue weighted by Gasteiger charge is -2.08. The number of ether oxygens (including phenoxy) is 1. The Morgan fingerprint density at radius 1 is 1.21 bits per heavy atom. The summed E-state index contributed by atoms with van der Waals surface area (Å²) in [6, 6.07) is 0. The van der Waals surface area contributed by atoms with E-state index in [2.05, 4.69) is 5.32 Å². The smallest absolute Gasteiger partial charge is 0.381 e. The van der Waals surface area contributed by atoms with Crippen molar-refractivity contribution < 1.29 is 17.9 Å². The molecule has 0 aromatic heterocycles. The van der Waals surface area contributed by atoms with Crippen LogP contribution in [0.15, 0.2) is 0 Å².